The Morgan fingerprint density at radius 1 is 1.12 bits per heavy atom. The van der Waals surface area contributed by atoms with Gasteiger partial charge in [-0.25, -0.2) is 8.78 Å². The number of hydrogen-bond acceptors (Lipinski definition) is 3. The van der Waals surface area contributed by atoms with Gasteiger partial charge < -0.3 is 14.6 Å². The third-order valence-electron chi connectivity index (χ3n) is 4.08. The maximum Gasteiger partial charge on any atom is 0.310 e. The molecule has 0 saturated heterocycles. The number of halogens is 2. The number of carboxylic acid groups (broad SMARTS) is 1. The Hall–Kier alpha value is -2.63. The highest BCUT2D eigenvalue weighted by molar-refractivity contribution is 5.76. The first-order valence-electron chi connectivity index (χ1n) is 7.85. The van der Waals surface area contributed by atoms with E-state index in [-0.39, 0.29) is 11.5 Å². The number of benzene rings is 2. The summed E-state index contributed by atoms with van der Waals surface area (Å²) in [7, 11) is 2.72. The van der Waals surface area contributed by atoms with Crippen LogP contribution in [0.25, 0.3) is 0 Å². The molecule has 0 aliphatic heterocycles. The van der Waals surface area contributed by atoms with Gasteiger partial charge in [-0.2, -0.15) is 0 Å². The summed E-state index contributed by atoms with van der Waals surface area (Å²) in [4.78, 5) is 11.6. The van der Waals surface area contributed by atoms with Crippen LogP contribution in [0.3, 0.4) is 0 Å². The van der Waals surface area contributed by atoms with E-state index in [1.807, 2.05) is 0 Å². The van der Waals surface area contributed by atoms with Crippen molar-refractivity contribution in [2.75, 3.05) is 14.2 Å². The van der Waals surface area contributed by atoms with Crippen molar-refractivity contribution in [3.05, 3.63) is 59.2 Å². The summed E-state index contributed by atoms with van der Waals surface area (Å²) < 4.78 is 37.5. The zero-order valence-corrected chi connectivity index (χ0v) is 14.1. The van der Waals surface area contributed by atoms with Crippen molar-refractivity contribution in [1.82, 2.24) is 0 Å². The number of carbonyl (C=O) groups is 1. The summed E-state index contributed by atoms with van der Waals surface area (Å²) in [6.45, 7) is 0. The van der Waals surface area contributed by atoms with E-state index in [1.54, 1.807) is 12.1 Å². The Morgan fingerprint density at radius 3 is 2.48 bits per heavy atom. The SMILES string of the molecule is COc1cc(C(CCCc2cccc(OC)c2F)C(=O)O)ccc1F. The molecule has 1 N–H and O–H groups in total. The lowest BCUT2D eigenvalue weighted by molar-refractivity contribution is -0.139. The van der Waals surface area contributed by atoms with E-state index in [1.165, 1.54) is 38.5 Å². The monoisotopic (exact) mass is 350 g/mol. The van der Waals surface area contributed by atoms with Crippen molar-refractivity contribution in [1.29, 1.82) is 0 Å². The molecule has 0 amide bonds. The number of aliphatic carboxylic acids is 1. The Morgan fingerprint density at radius 2 is 1.84 bits per heavy atom. The molecule has 25 heavy (non-hydrogen) atoms. The molecule has 134 valence electrons. The van der Waals surface area contributed by atoms with Crippen LogP contribution in [0.15, 0.2) is 36.4 Å². The minimum atomic E-state index is -1.01. The molecule has 0 radical (unpaired) electrons. The van der Waals surface area contributed by atoms with Gasteiger partial charge in [-0.1, -0.05) is 18.2 Å². The summed E-state index contributed by atoms with van der Waals surface area (Å²) in [6.07, 6.45) is 1.13. The highest BCUT2D eigenvalue weighted by Crippen LogP contribution is 2.28. The molecule has 0 fully saturated rings. The highest BCUT2D eigenvalue weighted by atomic mass is 19.1. The largest absolute Gasteiger partial charge is 0.494 e. The molecule has 0 heterocycles. The highest BCUT2D eigenvalue weighted by Gasteiger charge is 2.21. The lowest BCUT2D eigenvalue weighted by Crippen LogP contribution is -2.12. The normalized spacial score (nSPS) is 11.8. The Kier molecular flexibility index (Phi) is 6.33. The third kappa shape index (κ3) is 4.47. The van der Waals surface area contributed by atoms with Crippen LogP contribution in [0.4, 0.5) is 8.78 Å². The van der Waals surface area contributed by atoms with E-state index in [0.717, 1.165) is 0 Å². The lowest BCUT2D eigenvalue weighted by atomic mass is 9.92. The quantitative estimate of drug-likeness (QED) is 0.776. The third-order valence-corrected chi connectivity index (χ3v) is 4.08. The predicted molar refractivity (Wildman–Crippen MR) is 89.2 cm³/mol. The molecule has 6 heteroatoms. The van der Waals surface area contributed by atoms with Crippen LogP contribution in [-0.4, -0.2) is 25.3 Å². The standard InChI is InChI=1S/C19H20F2O4/c1-24-16-8-4-6-12(18(16)21)5-3-7-14(19(22)23)13-9-10-15(20)17(11-13)25-2/h4,6,8-11,14H,3,5,7H2,1-2H3,(H,22,23). The van der Waals surface area contributed by atoms with Gasteiger partial charge in [-0.3, -0.25) is 4.79 Å². The number of aryl methyl sites for hydroxylation is 1. The maximum absolute atomic E-state index is 14.1. The van der Waals surface area contributed by atoms with Crippen molar-refractivity contribution in [2.45, 2.75) is 25.2 Å². The molecule has 1 unspecified atom stereocenters. The lowest BCUT2D eigenvalue weighted by Gasteiger charge is -2.14. The first-order valence-corrected chi connectivity index (χ1v) is 7.85. The first-order chi connectivity index (χ1) is 12.0. The topological polar surface area (TPSA) is 55.8 Å². The molecule has 0 bridgehead atoms. The number of ether oxygens (including phenoxy) is 2. The fourth-order valence-electron chi connectivity index (χ4n) is 2.73. The summed E-state index contributed by atoms with van der Waals surface area (Å²) in [5.41, 5.74) is 0.928. The molecule has 0 aromatic heterocycles. The van der Waals surface area contributed by atoms with Crippen molar-refractivity contribution >= 4 is 5.97 Å². The predicted octanol–water partition coefficient (Wildman–Crippen LogP) is 4.17. The van der Waals surface area contributed by atoms with Crippen LogP contribution in [0.2, 0.25) is 0 Å². The fraction of sp³-hybridized carbons (Fsp3) is 0.316. The van der Waals surface area contributed by atoms with Gasteiger partial charge in [0.25, 0.3) is 0 Å². The Bertz CT molecular complexity index is 746. The van der Waals surface area contributed by atoms with E-state index in [9.17, 15) is 18.7 Å². The average Bonchev–Trinajstić information content (AvgIpc) is 2.60. The van der Waals surface area contributed by atoms with Gasteiger partial charge in [-0.05, 0) is 48.6 Å². The molecular formula is C19H20F2O4. The van der Waals surface area contributed by atoms with Crippen LogP contribution in [0, 0.1) is 11.6 Å². The molecule has 1 atom stereocenters. The van der Waals surface area contributed by atoms with Crippen LogP contribution in [0.1, 0.15) is 29.9 Å². The Balaban J connectivity index is 2.09. The van der Waals surface area contributed by atoms with Crippen LogP contribution >= 0.6 is 0 Å². The first kappa shape index (κ1) is 18.7. The maximum atomic E-state index is 14.1. The van der Waals surface area contributed by atoms with Gasteiger partial charge >= 0.3 is 5.97 Å². The second kappa shape index (κ2) is 8.46. The number of hydrogen-bond donors (Lipinski definition) is 1. The van der Waals surface area contributed by atoms with Crippen molar-refractivity contribution in [3.63, 3.8) is 0 Å². The van der Waals surface area contributed by atoms with Gasteiger partial charge in [0.1, 0.15) is 0 Å². The molecule has 0 saturated carbocycles. The zero-order valence-electron chi connectivity index (χ0n) is 14.1. The van der Waals surface area contributed by atoms with Gasteiger partial charge in [-0.15, -0.1) is 0 Å². The van der Waals surface area contributed by atoms with E-state index in [4.69, 9.17) is 9.47 Å². The number of rotatable bonds is 8. The van der Waals surface area contributed by atoms with Crippen LogP contribution < -0.4 is 9.47 Å². The molecule has 4 nitrogen and oxygen atoms in total. The molecule has 2 aromatic rings. The molecule has 0 aliphatic rings. The smallest absolute Gasteiger partial charge is 0.310 e. The van der Waals surface area contributed by atoms with Crippen LogP contribution in [-0.2, 0) is 11.2 Å². The van der Waals surface area contributed by atoms with Gasteiger partial charge in [0.05, 0.1) is 20.1 Å². The van der Waals surface area contributed by atoms with Crippen molar-refractivity contribution < 1.29 is 28.2 Å². The van der Waals surface area contributed by atoms with E-state index in [2.05, 4.69) is 0 Å². The zero-order chi connectivity index (χ0) is 18.4. The van der Waals surface area contributed by atoms with Crippen molar-refractivity contribution in [2.24, 2.45) is 0 Å². The van der Waals surface area contributed by atoms with Gasteiger partial charge in [0.15, 0.2) is 23.1 Å². The molecule has 0 aliphatic carbocycles. The van der Waals surface area contributed by atoms with Gasteiger partial charge in [0.2, 0.25) is 0 Å². The van der Waals surface area contributed by atoms with Crippen LogP contribution in [0.5, 0.6) is 11.5 Å². The summed E-state index contributed by atoms with van der Waals surface area (Å²) >= 11 is 0. The van der Waals surface area contributed by atoms with Crippen molar-refractivity contribution in [3.8, 4) is 11.5 Å². The molecule has 2 rings (SSSR count). The minimum Gasteiger partial charge on any atom is -0.494 e. The Labute approximate surface area is 145 Å². The van der Waals surface area contributed by atoms with E-state index >= 15 is 0 Å². The number of methoxy groups -OCH3 is 2. The molecule has 2 aromatic carbocycles. The summed E-state index contributed by atoms with van der Waals surface area (Å²) in [5, 5.41) is 9.46. The summed E-state index contributed by atoms with van der Waals surface area (Å²) in [5.74, 6) is -2.64. The fourth-order valence-corrected chi connectivity index (χ4v) is 2.73. The van der Waals surface area contributed by atoms with Gasteiger partial charge in [0, 0.05) is 0 Å². The molecular weight excluding hydrogens is 330 g/mol. The number of carboxylic acids is 1. The second-order valence-electron chi connectivity index (χ2n) is 5.61. The average molecular weight is 350 g/mol. The minimum absolute atomic E-state index is 0.00240. The second-order valence-corrected chi connectivity index (χ2v) is 5.61. The van der Waals surface area contributed by atoms with E-state index in [0.29, 0.717) is 30.4 Å². The van der Waals surface area contributed by atoms with E-state index < -0.39 is 23.5 Å². The summed E-state index contributed by atoms with van der Waals surface area (Å²) in [6, 6.07) is 8.88. The molecule has 0 spiro atoms.